The van der Waals surface area contributed by atoms with Crippen LogP contribution in [0.4, 0.5) is 0 Å². The maximum Gasteiger partial charge on any atom is 0.316 e. The Balaban J connectivity index is 1.68. The Morgan fingerprint density at radius 1 is 1.08 bits per heavy atom. The predicted molar refractivity (Wildman–Crippen MR) is 96.3 cm³/mol. The van der Waals surface area contributed by atoms with Gasteiger partial charge < -0.3 is 9.64 Å². The molecule has 0 radical (unpaired) electrons. The molecule has 1 aliphatic heterocycles. The quantitative estimate of drug-likeness (QED) is 0.633. The molecule has 1 atom stereocenters. The van der Waals surface area contributed by atoms with E-state index in [0.717, 1.165) is 22.3 Å². The first-order valence-electron chi connectivity index (χ1n) is 8.56. The molecule has 3 rings (SSSR count). The van der Waals surface area contributed by atoms with Gasteiger partial charge in [0.05, 0.1) is 5.92 Å². The number of aryl methyl sites for hydroxylation is 2. The molecule has 1 amide bonds. The first kappa shape index (κ1) is 17.2. The molecular weight excluding hydrogens is 314 g/mol. The number of esters is 1. The van der Waals surface area contributed by atoms with Crippen LogP contribution in [-0.2, 0) is 16.1 Å². The van der Waals surface area contributed by atoms with Crippen molar-refractivity contribution in [1.29, 1.82) is 0 Å². The lowest BCUT2D eigenvalue weighted by atomic mass is 10.0. The zero-order chi connectivity index (χ0) is 18.0. The summed E-state index contributed by atoms with van der Waals surface area (Å²) in [7, 11) is 0. The summed E-state index contributed by atoms with van der Waals surface area (Å²) in [6.07, 6.45) is 0.218. The van der Waals surface area contributed by atoms with E-state index in [1.807, 2.05) is 63.2 Å². The van der Waals surface area contributed by atoms with Gasteiger partial charge in [-0.05, 0) is 43.0 Å². The van der Waals surface area contributed by atoms with Crippen LogP contribution in [0.3, 0.4) is 0 Å². The molecule has 1 heterocycles. The smallest absolute Gasteiger partial charge is 0.316 e. The minimum absolute atomic E-state index is 0.00323. The summed E-state index contributed by atoms with van der Waals surface area (Å²) in [5, 5.41) is 0. The van der Waals surface area contributed by atoms with Crippen molar-refractivity contribution in [1.82, 2.24) is 4.90 Å². The largest absolute Gasteiger partial charge is 0.426 e. The maximum atomic E-state index is 12.6. The molecule has 0 aromatic heterocycles. The number of hydrogen-bond donors (Lipinski definition) is 0. The van der Waals surface area contributed by atoms with Crippen molar-refractivity contribution in [2.45, 2.75) is 33.7 Å². The number of likely N-dealkylation sites (tertiary alicyclic amines) is 1. The zero-order valence-electron chi connectivity index (χ0n) is 14.9. The van der Waals surface area contributed by atoms with E-state index in [9.17, 15) is 9.59 Å². The summed E-state index contributed by atoms with van der Waals surface area (Å²) in [6.45, 7) is 6.82. The third-order valence-electron chi connectivity index (χ3n) is 4.84. The summed E-state index contributed by atoms with van der Waals surface area (Å²) in [6, 6.07) is 13.8. The van der Waals surface area contributed by atoms with Crippen molar-refractivity contribution in [3.05, 3.63) is 64.7 Å². The number of benzene rings is 2. The van der Waals surface area contributed by atoms with E-state index in [4.69, 9.17) is 4.74 Å². The minimum Gasteiger partial charge on any atom is -0.426 e. The third kappa shape index (κ3) is 3.73. The van der Waals surface area contributed by atoms with E-state index < -0.39 is 5.92 Å². The Morgan fingerprint density at radius 3 is 2.48 bits per heavy atom. The van der Waals surface area contributed by atoms with Gasteiger partial charge in [-0.15, -0.1) is 0 Å². The van der Waals surface area contributed by atoms with Gasteiger partial charge in [-0.1, -0.05) is 42.5 Å². The first-order chi connectivity index (χ1) is 12.0. The van der Waals surface area contributed by atoms with Gasteiger partial charge in [0.2, 0.25) is 5.91 Å². The fourth-order valence-electron chi connectivity index (χ4n) is 3.15. The lowest BCUT2D eigenvalue weighted by Gasteiger charge is -2.17. The molecular formula is C21H23NO3. The van der Waals surface area contributed by atoms with Crippen LogP contribution in [0.25, 0.3) is 0 Å². The van der Waals surface area contributed by atoms with Gasteiger partial charge in [0.25, 0.3) is 0 Å². The second kappa shape index (κ2) is 7.09. The van der Waals surface area contributed by atoms with Crippen molar-refractivity contribution in [3.63, 3.8) is 0 Å². The highest BCUT2D eigenvalue weighted by molar-refractivity contribution is 5.87. The van der Waals surface area contributed by atoms with Gasteiger partial charge in [0.1, 0.15) is 5.75 Å². The molecule has 1 fully saturated rings. The van der Waals surface area contributed by atoms with Gasteiger partial charge in [-0.3, -0.25) is 9.59 Å². The number of carbonyl (C=O) groups excluding carboxylic acids is 2. The van der Waals surface area contributed by atoms with E-state index in [0.29, 0.717) is 18.8 Å². The van der Waals surface area contributed by atoms with Crippen LogP contribution < -0.4 is 4.74 Å². The van der Waals surface area contributed by atoms with Crippen LogP contribution in [0.5, 0.6) is 5.75 Å². The number of hydrogen-bond acceptors (Lipinski definition) is 3. The summed E-state index contributed by atoms with van der Waals surface area (Å²) < 4.78 is 5.67. The monoisotopic (exact) mass is 337 g/mol. The van der Waals surface area contributed by atoms with Crippen molar-refractivity contribution in [3.8, 4) is 5.75 Å². The predicted octanol–water partition coefficient (Wildman–Crippen LogP) is 3.57. The average molecular weight is 337 g/mol. The Morgan fingerprint density at radius 2 is 1.76 bits per heavy atom. The number of carbonyl (C=O) groups is 2. The molecule has 2 aromatic rings. The zero-order valence-corrected chi connectivity index (χ0v) is 14.9. The highest BCUT2D eigenvalue weighted by Gasteiger charge is 2.35. The molecule has 1 saturated heterocycles. The molecule has 25 heavy (non-hydrogen) atoms. The maximum absolute atomic E-state index is 12.6. The Kier molecular flexibility index (Phi) is 4.88. The van der Waals surface area contributed by atoms with Crippen LogP contribution in [0.2, 0.25) is 0 Å². The van der Waals surface area contributed by atoms with Gasteiger partial charge in [-0.25, -0.2) is 0 Å². The second-order valence-electron chi connectivity index (χ2n) is 6.74. The van der Waals surface area contributed by atoms with Crippen LogP contribution in [-0.4, -0.2) is 23.3 Å². The number of amides is 1. The third-order valence-corrected chi connectivity index (χ3v) is 4.84. The summed E-state index contributed by atoms with van der Waals surface area (Å²) in [5.41, 5.74) is 4.05. The van der Waals surface area contributed by atoms with Crippen LogP contribution in [0.15, 0.2) is 42.5 Å². The van der Waals surface area contributed by atoms with E-state index in [-0.39, 0.29) is 18.3 Å². The minimum atomic E-state index is -0.407. The van der Waals surface area contributed by atoms with Gasteiger partial charge in [0.15, 0.2) is 0 Å². The van der Waals surface area contributed by atoms with Crippen molar-refractivity contribution >= 4 is 11.9 Å². The Bertz CT molecular complexity index is 798. The number of ether oxygens (including phenoxy) is 1. The first-order valence-corrected chi connectivity index (χ1v) is 8.56. The second-order valence-corrected chi connectivity index (χ2v) is 6.74. The molecule has 4 nitrogen and oxygen atoms in total. The standard InChI is InChI=1S/C21H23NO3/c1-14-9-10-15(2)20(16(14)3)25-21(24)18-11-19(23)22(13-18)12-17-7-5-4-6-8-17/h4-10,18H,11-13H2,1-3H3. The molecule has 0 bridgehead atoms. The summed E-state index contributed by atoms with van der Waals surface area (Å²) in [4.78, 5) is 26.6. The van der Waals surface area contributed by atoms with Crippen molar-refractivity contribution < 1.29 is 14.3 Å². The SMILES string of the molecule is Cc1ccc(C)c(OC(=O)C2CC(=O)N(Cc3ccccc3)C2)c1C. The molecule has 130 valence electrons. The van der Waals surface area contributed by atoms with Crippen LogP contribution in [0.1, 0.15) is 28.7 Å². The normalized spacial score (nSPS) is 17.0. The molecule has 0 N–H and O–H groups in total. The molecule has 0 aliphatic carbocycles. The average Bonchev–Trinajstić information content (AvgIpc) is 2.97. The number of nitrogens with zero attached hydrogens (tertiary/aromatic N) is 1. The Hall–Kier alpha value is -2.62. The highest BCUT2D eigenvalue weighted by Crippen LogP contribution is 2.28. The van der Waals surface area contributed by atoms with Crippen LogP contribution >= 0.6 is 0 Å². The topological polar surface area (TPSA) is 46.6 Å². The van der Waals surface area contributed by atoms with E-state index in [1.165, 1.54) is 0 Å². The van der Waals surface area contributed by atoms with Gasteiger partial charge >= 0.3 is 5.97 Å². The van der Waals surface area contributed by atoms with E-state index in [1.54, 1.807) is 4.90 Å². The van der Waals surface area contributed by atoms with Gasteiger partial charge in [-0.2, -0.15) is 0 Å². The molecule has 4 heteroatoms. The Labute approximate surface area is 148 Å². The van der Waals surface area contributed by atoms with E-state index >= 15 is 0 Å². The molecule has 0 saturated carbocycles. The fourth-order valence-corrected chi connectivity index (χ4v) is 3.15. The van der Waals surface area contributed by atoms with Gasteiger partial charge in [0, 0.05) is 19.5 Å². The summed E-state index contributed by atoms with van der Waals surface area (Å²) in [5.74, 6) is -0.0984. The van der Waals surface area contributed by atoms with Crippen LogP contribution in [0, 0.1) is 26.7 Å². The molecule has 1 aliphatic rings. The number of rotatable bonds is 4. The van der Waals surface area contributed by atoms with Crippen molar-refractivity contribution in [2.75, 3.05) is 6.54 Å². The lowest BCUT2D eigenvalue weighted by molar-refractivity contribution is -0.139. The fraction of sp³-hybridized carbons (Fsp3) is 0.333. The lowest BCUT2D eigenvalue weighted by Crippen LogP contribution is -2.27. The highest BCUT2D eigenvalue weighted by atomic mass is 16.5. The van der Waals surface area contributed by atoms with Crippen molar-refractivity contribution in [2.24, 2.45) is 5.92 Å². The molecule has 1 unspecified atom stereocenters. The van der Waals surface area contributed by atoms with E-state index in [2.05, 4.69) is 0 Å². The molecule has 0 spiro atoms. The molecule has 2 aromatic carbocycles. The summed E-state index contributed by atoms with van der Waals surface area (Å²) >= 11 is 0.